The van der Waals surface area contributed by atoms with E-state index in [1.54, 1.807) is 11.3 Å². The van der Waals surface area contributed by atoms with Crippen LogP contribution < -0.4 is 15.4 Å². The van der Waals surface area contributed by atoms with Gasteiger partial charge in [-0.2, -0.15) is 0 Å². The number of fused-ring (bicyclic) bond motifs is 1. The van der Waals surface area contributed by atoms with Crippen molar-refractivity contribution in [3.63, 3.8) is 0 Å². The number of carbonyl (C=O) groups excluding carboxylic acids is 1. The average molecular weight is 345 g/mol. The van der Waals surface area contributed by atoms with Crippen LogP contribution in [0.25, 0.3) is 0 Å². The molecule has 1 aromatic carbocycles. The predicted molar refractivity (Wildman–Crippen MR) is 95.6 cm³/mol. The Morgan fingerprint density at radius 3 is 3.04 bits per heavy atom. The van der Waals surface area contributed by atoms with Gasteiger partial charge in [-0.3, -0.25) is 0 Å². The highest BCUT2D eigenvalue weighted by Crippen LogP contribution is 2.36. The highest BCUT2D eigenvalue weighted by Gasteiger charge is 2.27. The second-order valence-electron chi connectivity index (χ2n) is 5.98. The fourth-order valence-corrected chi connectivity index (χ4v) is 3.82. The van der Waals surface area contributed by atoms with Crippen molar-refractivity contribution in [2.24, 2.45) is 0 Å². The van der Waals surface area contributed by atoms with Crippen LogP contribution in [0.5, 0.6) is 5.75 Å². The molecule has 0 saturated heterocycles. The lowest BCUT2D eigenvalue weighted by molar-refractivity contribution is 0.234. The third kappa shape index (κ3) is 3.53. The molecule has 1 heterocycles. The molecule has 2 N–H and O–H groups in total. The molecule has 3 rings (SSSR count). The first-order valence-electron chi connectivity index (χ1n) is 8.32. The lowest BCUT2D eigenvalue weighted by Crippen LogP contribution is -2.38. The summed E-state index contributed by atoms with van der Waals surface area (Å²) in [5.41, 5.74) is 3.28. The summed E-state index contributed by atoms with van der Waals surface area (Å²) < 4.78 is 5.69. The number of benzene rings is 1. The van der Waals surface area contributed by atoms with Gasteiger partial charge >= 0.3 is 6.03 Å². The zero-order valence-corrected chi connectivity index (χ0v) is 15.1. The zero-order chi connectivity index (χ0) is 17.1. The van der Waals surface area contributed by atoms with Gasteiger partial charge < -0.3 is 15.4 Å². The number of amides is 2. The smallest absolute Gasteiger partial charge is 0.315 e. The van der Waals surface area contributed by atoms with Gasteiger partial charge in [0.15, 0.2) is 0 Å². The molecule has 2 amide bonds. The van der Waals surface area contributed by atoms with Crippen molar-refractivity contribution < 1.29 is 9.53 Å². The van der Waals surface area contributed by atoms with Crippen molar-refractivity contribution in [1.82, 2.24) is 15.6 Å². The SMILES string of the molecule is CCOc1cccc2c1CC[C@H]2NC(=O)N[C@H](C)c1csc(C)n1. The molecule has 128 valence electrons. The van der Waals surface area contributed by atoms with Crippen LogP contribution in [-0.4, -0.2) is 17.6 Å². The molecule has 1 aliphatic carbocycles. The Labute approximate surface area is 146 Å². The van der Waals surface area contributed by atoms with E-state index in [1.807, 2.05) is 38.3 Å². The summed E-state index contributed by atoms with van der Waals surface area (Å²) in [4.78, 5) is 16.8. The van der Waals surface area contributed by atoms with E-state index in [1.165, 1.54) is 5.56 Å². The quantitative estimate of drug-likeness (QED) is 0.864. The highest BCUT2D eigenvalue weighted by atomic mass is 32.1. The molecule has 0 spiro atoms. The summed E-state index contributed by atoms with van der Waals surface area (Å²) in [5.74, 6) is 0.936. The number of thiazole rings is 1. The molecular formula is C18H23N3O2S. The van der Waals surface area contributed by atoms with Gasteiger partial charge in [-0.05, 0) is 50.8 Å². The summed E-state index contributed by atoms with van der Waals surface area (Å²) >= 11 is 1.59. The molecule has 0 bridgehead atoms. The molecule has 5 nitrogen and oxygen atoms in total. The maximum absolute atomic E-state index is 12.3. The van der Waals surface area contributed by atoms with Gasteiger partial charge in [-0.1, -0.05) is 12.1 Å². The van der Waals surface area contributed by atoms with Crippen molar-refractivity contribution in [3.05, 3.63) is 45.4 Å². The normalized spacial score (nSPS) is 17.2. The highest BCUT2D eigenvalue weighted by molar-refractivity contribution is 7.09. The number of ether oxygens (including phenoxy) is 1. The largest absolute Gasteiger partial charge is 0.494 e. The molecule has 6 heteroatoms. The Bertz CT molecular complexity index is 729. The van der Waals surface area contributed by atoms with Crippen molar-refractivity contribution in [2.75, 3.05) is 6.61 Å². The Kier molecular flexibility index (Phi) is 5.04. The second kappa shape index (κ2) is 7.21. The summed E-state index contributed by atoms with van der Waals surface area (Å²) in [6.07, 6.45) is 1.83. The second-order valence-corrected chi connectivity index (χ2v) is 7.04. The molecular weight excluding hydrogens is 322 g/mol. The molecule has 0 unspecified atom stereocenters. The molecule has 1 aliphatic rings. The van der Waals surface area contributed by atoms with E-state index in [-0.39, 0.29) is 18.1 Å². The number of aryl methyl sites for hydroxylation is 1. The molecule has 0 saturated carbocycles. The van der Waals surface area contributed by atoms with Crippen LogP contribution in [0.1, 0.15) is 54.2 Å². The van der Waals surface area contributed by atoms with Crippen LogP contribution in [0.4, 0.5) is 4.79 Å². The Balaban J connectivity index is 1.64. The summed E-state index contributed by atoms with van der Waals surface area (Å²) in [6, 6.07) is 5.83. The molecule has 24 heavy (non-hydrogen) atoms. The van der Waals surface area contributed by atoms with E-state index < -0.39 is 0 Å². The predicted octanol–water partition coefficient (Wildman–Crippen LogP) is 3.90. The number of aromatic nitrogens is 1. The molecule has 0 fully saturated rings. The number of nitrogens with one attached hydrogen (secondary N) is 2. The number of nitrogens with zero attached hydrogens (tertiary/aromatic N) is 1. The molecule has 1 aromatic heterocycles. The number of hydrogen-bond acceptors (Lipinski definition) is 4. The van der Waals surface area contributed by atoms with Gasteiger partial charge in [-0.25, -0.2) is 9.78 Å². The Morgan fingerprint density at radius 2 is 2.33 bits per heavy atom. The summed E-state index contributed by atoms with van der Waals surface area (Å²) in [5, 5.41) is 9.04. The van der Waals surface area contributed by atoms with Crippen LogP contribution >= 0.6 is 11.3 Å². The molecule has 2 aromatic rings. The molecule has 2 atom stereocenters. The van der Waals surface area contributed by atoms with Crippen LogP contribution in [0.3, 0.4) is 0 Å². The van der Waals surface area contributed by atoms with Crippen molar-refractivity contribution in [3.8, 4) is 5.75 Å². The van der Waals surface area contributed by atoms with Crippen LogP contribution in [-0.2, 0) is 6.42 Å². The Hall–Kier alpha value is -2.08. The van der Waals surface area contributed by atoms with E-state index >= 15 is 0 Å². The first-order chi connectivity index (χ1) is 11.6. The monoisotopic (exact) mass is 345 g/mol. The van der Waals surface area contributed by atoms with E-state index in [2.05, 4.69) is 21.7 Å². The fourth-order valence-electron chi connectivity index (χ4n) is 3.11. The summed E-state index contributed by atoms with van der Waals surface area (Å²) in [7, 11) is 0. The Morgan fingerprint density at radius 1 is 1.50 bits per heavy atom. The van der Waals surface area contributed by atoms with Gasteiger partial charge in [0.1, 0.15) is 5.75 Å². The zero-order valence-electron chi connectivity index (χ0n) is 14.3. The van der Waals surface area contributed by atoms with E-state index in [4.69, 9.17) is 4.74 Å². The third-order valence-corrected chi connectivity index (χ3v) is 5.05. The van der Waals surface area contributed by atoms with Gasteiger partial charge in [0.25, 0.3) is 0 Å². The lowest BCUT2D eigenvalue weighted by atomic mass is 10.1. The minimum absolute atomic E-state index is 0.0322. The van der Waals surface area contributed by atoms with E-state index in [9.17, 15) is 4.79 Å². The summed E-state index contributed by atoms with van der Waals surface area (Å²) in [6.45, 7) is 6.55. The van der Waals surface area contributed by atoms with Gasteiger partial charge in [0.05, 0.1) is 29.4 Å². The first kappa shape index (κ1) is 16.8. The number of urea groups is 1. The van der Waals surface area contributed by atoms with E-state index in [0.717, 1.165) is 34.9 Å². The van der Waals surface area contributed by atoms with Crippen molar-refractivity contribution in [2.45, 2.75) is 45.7 Å². The topological polar surface area (TPSA) is 63.2 Å². The van der Waals surface area contributed by atoms with Crippen LogP contribution in [0, 0.1) is 6.92 Å². The minimum Gasteiger partial charge on any atom is -0.494 e. The number of rotatable bonds is 5. The van der Waals surface area contributed by atoms with Crippen molar-refractivity contribution in [1.29, 1.82) is 0 Å². The molecule has 0 aliphatic heterocycles. The number of hydrogen-bond donors (Lipinski definition) is 2. The van der Waals surface area contributed by atoms with Crippen molar-refractivity contribution >= 4 is 17.4 Å². The van der Waals surface area contributed by atoms with Crippen LogP contribution in [0.15, 0.2) is 23.6 Å². The third-order valence-electron chi connectivity index (χ3n) is 4.26. The minimum atomic E-state index is -0.159. The lowest BCUT2D eigenvalue weighted by Gasteiger charge is -2.18. The van der Waals surface area contributed by atoms with Gasteiger partial charge in [0, 0.05) is 5.38 Å². The maximum atomic E-state index is 12.3. The average Bonchev–Trinajstić information content (AvgIpc) is 3.15. The molecule has 0 radical (unpaired) electrons. The van der Waals surface area contributed by atoms with Gasteiger partial charge in [0.2, 0.25) is 0 Å². The fraction of sp³-hybridized carbons (Fsp3) is 0.444. The first-order valence-corrected chi connectivity index (χ1v) is 9.20. The van der Waals surface area contributed by atoms with Gasteiger partial charge in [-0.15, -0.1) is 11.3 Å². The van der Waals surface area contributed by atoms with Crippen LogP contribution in [0.2, 0.25) is 0 Å². The maximum Gasteiger partial charge on any atom is 0.315 e. The van der Waals surface area contributed by atoms with E-state index in [0.29, 0.717) is 6.61 Å². The number of carbonyl (C=O) groups is 1. The standard InChI is InChI=1S/C18H23N3O2S/c1-4-23-17-7-5-6-13-14(17)8-9-15(13)21-18(22)19-11(2)16-10-24-12(3)20-16/h5-7,10-11,15H,4,8-9H2,1-3H3,(H2,19,21,22)/t11-,15-/m1/s1.